The molecule has 0 aliphatic heterocycles. The van der Waals surface area contributed by atoms with Crippen molar-refractivity contribution >= 4 is 22.8 Å². The van der Waals surface area contributed by atoms with Crippen LogP contribution < -0.4 is 0 Å². The lowest BCUT2D eigenvalue weighted by atomic mass is 9.84. The molecule has 0 aliphatic rings. The molecule has 0 aliphatic carbocycles. The highest BCUT2D eigenvalue weighted by molar-refractivity contribution is 6.42. The highest BCUT2D eigenvalue weighted by Gasteiger charge is 2.36. The second-order valence-electron chi connectivity index (χ2n) is 22.4. The zero-order chi connectivity index (χ0) is 49.6. The molecule has 7 aromatic rings. The number of rotatable bonds is 8. The van der Waals surface area contributed by atoms with Crippen LogP contribution in [-0.4, -0.2) is 11.4 Å². The Morgan fingerprint density at radius 1 is 0.324 bits per heavy atom. The van der Waals surface area contributed by atoms with Crippen LogP contribution in [0.1, 0.15) is 125 Å². The Balaban J connectivity index is 1.49. The fourth-order valence-electron chi connectivity index (χ4n) is 8.46. The van der Waals surface area contributed by atoms with E-state index in [9.17, 15) is 0 Å². The number of nitrogens with zero attached hydrogens (tertiary/aromatic N) is 2. The van der Waals surface area contributed by atoms with Crippen molar-refractivity contribution in [3.8, 4) is 55.6 Å². The quantitative estimate of drug-likeness (QED) is 0.136. The average molecular weight is 909 g/mol. The van der Waals surface area contributed by atoms with Crippen LogP contribution in [0.4, 0.5) is 24.5 Å². The van der Waals surface area contributed by atoms with Gasteiger partial charge in [0.15, 0.2) is 0 Å². The molecule has 0 amide bonds. The van der Waals surface area contributed by atoms with Crippen molar-refractivity contribution in [2.75, 3.05) is 0 Å². The van der Waals surface area contributed by atoms with Gasteiger partial charge in [0.05, 0.1) is 28.4 Å². The van der Waals surface area contributed by atoms with E-state index in [-0.39, 0.29) is 27.3 Å². The molecule has 0 bridgehead atoms. The van der Waals surface area contributed by atoms with Crippen molar-refractivity contribution < 1.29 is 13.2 Å². The van der Waals surface area contributed by atoms with Crippen molar-refractivity contribution in [3.63, 3.8) is 0 Å². The number of hydrogen-bond donors (Lipinski definition) is 0. The summed E-state index contributed by atoms with van der Waals surface area (Å²) in [6.45, 7) is 29.6. The average Bonchev–Trinajstić information content (AvgIpc) is 3.28. The lowest BCUT2D eigenvalue weighted by Crippen LogP contribution is -2.11. The molecule has 2 nitrogen and oxygen atoms in total. The molecule has 350 valence electrons. The predicted molar refractivity (Wildman–Crippen MR) is 285 cm³/mol. The normalized spacial score (nSPS) is 13.2. The minimum Gasteiger partial charge on any atom is -0.251 e. The zero-order valence-electron chi connectivity index (χ0n) is 42.5. The van der Waals surface area contributed by atoms with E-state index >= 15 is 13.2 Å². The molecule has 0 spiro atoms. The van der Waals surface area contributed by atoms with Gasteiger partial charge < -0.3 is 0 Å². The third-order valence-corrected chi connectivity index (χ3v) is 13.0. The van der Waals surface area contributed by atoms with Crippen LogP contribution in [0.15, 0.2) is 162 Å². The lowest BCUT2D eigenvalue weighted by molar-refractivity contribution is -0.137. The third kappa shape index (κ3) is 11.2. The molecule has 68 heavy (non-hydrogen) atoms. The molecule has 7 rings (SSSR count). The van der Waals surface area contributed by atoms with Crippen molar-refractivity contribution in [1.29, 1.82) is 0 Å². The number of alkyl halides is 3. The lowest BCUT2D eigenvalue weighted by Gasteiger charge is -2.22. The fourth-order valence-corrected chi connectivity index (χ4v) is 8.46. The largest absolute Gasteiger partial charge is 0.418 e. The number of hydrogen-bond acceptors (Lipinski definition) is 2. The molecule has 0 N–H and O–H groups in total. The van der Waals surface area contributed by atoms with E-state index in [1.54, 1.807) is 6.92 Å². The summed E-state index contributed by atoms with van der Waals surface area (Å²) in [5, 5.41) is 0. The smallest absolute Gasteiger partial charge is 0.251 e. The molecule has 0 aromatic heterocycles. The Kier molecular flexibility index (Phi) is 13.6. The summed E-state index contributed by atoms with van der Waals surface area (Å²) in [5.74, 6) is 0. The summed E-state index contributed by atoms with van der Waals surface area (Å²) >= 11 is 0. The van der Waals surface area contributed by atoms with Crippen molar-refractivity contribution in [2.45, 2.75) is 125 Å². The van der Waals surface area contributed by atoms with Gasteiger partial charge in [-0.15, -0.1) is 0 Å². The SMILES string of the molecule is CC(=Nc1c(-c2ccc(C(C)(C)C)cc2)cc(-c2ccccc2)cc1-c1ccc(C(C)(C)C)cc1)C(C)=Nc1c(-c2ccc(C(C)(C)C)cc2)cc(-c2ccc(C(C)(C)C)cc2)cc1C(F)(F)F. The molecular formula is C63H67F3N2. The van der Waals surface area contributed by atoms with Crippen LogP contribution in [0, 0.1) is 0 Å². The molecule has 0 saturated carbocycles. The molecule has 0 atom stereocenters. The monoisotopic (exact) mass is 909 g/mol. The number of benzene rings is 7. The maximum atomic E-state index is 15.6. The van der Waals surface area contributed by atoms with E-state index in [4.69, 9.17) is 9.98 Å². The summed E-state index contributed by atoms with van der Waals surface area (Å²) in [6, 6.07) is 50.8. The van der Waals surface area contributed by atoms with Crippen LogP contribution in [0.2, 0.25) is 0 Å². The first-order valence-corrected chi connectivity index (χ1v) is 23.7. The first-order valence-electron chi connectivity index (χ1n) is 23.7. The molecule has 0 fully saturated rings. The second kappa shape index (κ2) is 18.6. The van der Waals surface area contributed by atoms with Crippen molar-refractivity contribution in [1.82, 2.24) is 0 Å². The first-order chi connectivity index (χ1) is 31.7. The van der Waals surface area contributed by atoms with Gasteiger partial charge >= 0.3 is 6.18 Å². The highest BCUT2D eigenvalue weighted by Crippen LogP contribution is 2.47. The maximum Gasteiger partial charge on any atom is 0.418 e. The summed E-state index contributed by atoms with van der Waals surface area (Å²) in [4.78, 5) is 10.4. The summed E-state index contributed by atoms with van der Waals surface area (Å²) in [7, 11) is 0. The van der Waals surface area contributed by atoms with Crippen LogP contribution in [0.5, 0.6) is 0 Å². The number of aliphatic imine (C=N–C) groups is 2. The molecule has 7 aromatic carbocycles. The van der Waals surface area contributed by atoms with Crippen LogP contribution in [-0.2, 0) is 27.8 Å². The molecule has 0 radical (unpaired) electrons. The minimum absolute atomic E-state index is 0.0483. The Morgan fingerprint density at radius 2 is 0.603 bits per heavy atom. The molecular weight excluding hydrogens is 842 g/mol. The van der Waals surface area contributed by atoms with Crippen molar-refractivity contribution in [3.05, 3.63) is 179 Å². The van der Waals surface area contributed by atoms with E-state index in [1.165, 1.54) is 17.2 Å². The Hall–Kier alpha value is -6.33. The van der Waals surface area contributed by atoms with Gasteiger partial charge in [-0.2, -0.15) is 13.2 Å². The summed E-state index contributed by atoms with van der Waals surface area (Å²) in [5.41, 5.74) is 13.0. The highest BCUT2D eigenvalue weighted by atomic mass is 19.4. The van der Waals surface area contributed by atoms with Gasteiger partial charge in [0, 0.05) is 16.7 Å². The minimum atomic E-state index is -4.71. The van der Waals surface area contributed by atoms with Crippen LogP contribution >= 0.6 is 0 Å². The Bertz CT molecular complexity index is 2880. The first kappa shape index (κ1) is 49.6. The van der Waals surface area contributed by atoms with Gasteiger partial charge in [0.2, 0.25) is 0 Å². The van der Waals surface area contributed by atoms with Gasteiger partial charge in [0.25, 0.3) is 0 Å². The molecule has 5 heteroatoms. The van der Waals surface area contributed by atoms with Crippen molar-refractivity contribution in [2.24, 2.45) is 9.98 Å². The molecule has 0 saturated heterocycles. The van der Waals surface area contributed by atoms with E-state index in [0.717, 1.165) is 44.5 Å². The summed E-state index contributed by atoms with van der Waals surface area (Å²) < 4.78 is 46.9. The summed E-state index contributed by atoms with van der Waals surface area (Å²) in [6.07, 6.45) is -4.71. The maximum absolute atomic E-state index is 15.6. The fraction of sp³-hybridized carbons (Fsp3) is 0.302. The van der Waals surface area contributed by atoms with E-state index in [2.05, 4.69) is 156 Å². The number of halogens is 3. The predicted octanol–water partition coefficient (Wildman–Crippen LogP) is 19.1. The van der Waals surface area contributed by atoms with Gasteiger partial charge in [-0.3, -0.25) is 9.98 Å². The zero-order valence-corrected chi connectivity index (χ0v) is 42.5. The van der Waals surface area contributed by atoms with E-state index in [0.29, 0.717) is 39.4 Å². The Morgan fingerprint density at radius 3 is 0.926 bits per heavy atom. The topological polar surface area (TPSA) is 24.7 Å². The van der Waals surface area contributed by atoms with Gasteiger partial charge in [0.1, 0.15) is 0 Å². The van der Waals surface area contributed by atoms with Gasteiger partial charge in [-0.1, -0.05) is 210 Å². The van der Waals surface area contributed by atoms with E-state index < -0.39 is 11.7 Å². The van der Waals surface area contributed by atoms with Gasteiger partial charge in [-0.25, -0.2) is 0 Å². The molecule has 0 heterocycles. The van der Waals surface area contributed by atoms with Crippen LogP contribution in [0.25, 0.3) is 55.6 Å². The van der Waals surface area contributed by atoms with Gasteiger partial charge in [-0.05, 0) is 121 Å². The van der Waals surface area contributed by atoms with E-state index in [1.807, 2.05) is 79.7 Å². The molecule has 0 unspecified atom stereocenters. The standard InChI is InChI=1S/C63H67F3N2/c1-40(41(2)68-58-55(46-26-34-52(35-27-46)62(12,13)14)38-48(39-56(58)63(64,65)66)43-20-28-49(29-21-43)59(3,4)5)67-57-53(44-22-30-50(31-23-44)60(6,7)8)36-47(42-18-16-15-17-19-42)37-54(57)45-24-32-51(33-25-45)61(9,10)11/h15-39H,1-14H3. The Labute approximate surface area is 404 Å². The third-order valence-electron chi connectivity index (χ3n) is 13.0. The van der Waals surface area contributed by atoms with Crippen LogP contribution in [0.3, 0.4) is 0 Å². The second-order valence-corrected chi connectivity index (χ2v) is 22.4.